The molecule has 2 aromatic heterocycles. The van der Waals surface area contributed by atoms with Gasteiger partial charge in [-0.05, 0) is 53.3 Å². The molecule has 0 bridgehead atoms. The largest absolute Gasteiger partial charge is 0.497 e. The molecule has 0 spiro atoms. The van der Waals surface area contributed by atoms with Gasteiger partial charge in [0.2, 0.25) is 5.88 Å². The van der Waals surface area contributed by atoms with E-state index in [4.69, 9.17) is 14.2 Å². The van der Waals surface area contributed by atoms with Crippen LogP contribution in [0.2, 0.25) is 0 Å². The SMILES string of the molecule is CCOC(=O)c1cc2cncc(I)c2nc1OCc1ccc(OC)cc1. The van der Waals surface area contributed by atoms with Gasteiger partial charge in [-0.15, -0.1) is 0 Å². The lowest BCUT2D eigenvalue weighted by Crippen LogP contribution is -2.10. The van der Waals surface area contributed by atoms with Crippen molar-refractivity contribution in [2.45, 2.75) is 13.5 Å². The van der Waals surface area contributed by atoms with E-state index in [0.29, 0.717) is 0 Å². The Balaban J connectivity index is 1.94. The maximum Gasteiger partial charge on any atom is 0.343 e. The minimum atomic E-state index is -0.467. The number of halogens is 1. The van der Waals surface area contributed by atoms with Crippen LogP contribution in [0.1, 0.15) is 22.8 Å². The molecule has 0 atom stereocenters. The number of fused-ring (bicyclic) bond motifs is 1. The van der Waals surface area contributed by atoms with E-state index in [9.17, 15) is 4.79 Å². The summed E-state index contributed by atoms with van der Waals surface area (Å²) >= 11 is 2.16. The fourth-order valence-electron chi connectivity index (χ4n) is 2.38. The molecule has 3 aromatic rings. The van der Waals surface area contributed by atoms with E-state index >= 15 is 0 Å². The van der Waals surface area contributed by atoms with Crippen molar-refractivity contribution in [3.05, 3.63) is 57.4 Å². The van der Waals surface area contributed by atoms with Crippen LogP contribution in [0, 0.1) is 3.57 Å². The van der Waals surface area contributed by atoms with E-state index in [1.165, 1.54) is 0 Å². The number of aromatic nitrogens is 2. The minimum Gasteiger partial charge on any atom is -0.497 e. The van der Waals surface area contributed by atoms with Crippen molar-refractivity contribution in [1.82, 2.24) is 9.97 Å². The van der Waals surface area contributed by atoms with Gasteiger partial charge in [0.05, 0.1) is 22.8 Å². The first-order chi connectivity index (χ1) is 12.6. The number of benzene rings is 1. The molecule has 26 heavy (non-hydrogen) atoms. The second-order valence-corrected chi connectivity index (χ2v) is 6.55. The first-order valence-corrected chi connectivity index (χ1v) is 9.07. The van der Waals surface area contributed by atoms with Crippen LogP contribution in [0.3, 0.4) is 0 Å². The normalized spacial score (nSPS) is 10.6. The number of pyridine rings is 2. The first-order valence-electron chi connectivity index (χ1n) is 7.99. The van der Waals surface area contributed by atoms with Gasteiger partial charge in [0, 0.05) is 17.8 Å². The van der Waals surface area contributed by atoms with Gasteiger partial charge in [0.1, 0.15) is 17.9 Å². The van der Waals surface area contributed by atoms with Gasteiger partial charge in [-0.25, -0.2) is 9.78 Å². The van der Waals surface area contributed by atoms with Crippen molar-refractivity contribution in [2.75, 3.05) is 13.7 Å². The molecule has 0 aliphatic heterocycles. The van der Waals surface area contributed by atoms with Crippen molar-refractivity contribution >= 4 is 39.5 Å². The zero-order valence-electron chi connectivity index (χ0n) is 14.4. The molecule has 0 saturated carbocycles. The topological polar surface area (TPSA) is 70.5 Å². The molecule has 0 radical (unpaired) electrons. The van der Waals surface area contributed by atoms with Gasteiger partial charge in [-0.3, -0.25) is 4.98 Å². The van der Waals surface area contributed by atoms with Crippen LogP contribution >= 0.6 is 22.6 Å². The fraction of sp³-hybridized carbons (Fsp3) is 0.211. The maximum absolute atomic E-state index is 12.3. The summed E-state index contributed by atoms with van der Waals surface area (Å²) in [6.45, 7) is 2.31. The van der Waals surface area contributed by atoms with Crippen LogP contribution < -0.4 is 9.47 Å². The van der Waals surface area contributed by atoms with Gasteiger partial charge in [0.15, 0.2) is 0 Å². The number of carbonyl (C=O) groups is 1. The van der Waals surface area contributed by atoms with E-state index in [1.54, 1.807) is 32.5 Å². The monoisotopic (exact) mass is 464 g/mol. The van der Waals surface area contributed by atoms with Crippen LogP contribution in [0.15, 0.2) is 42.7 Å². The predicted molar refractivity (Wildman–Crippen MR) is 106 cm³/mol. The Kier molecular flexibility index (Phi) is 5.87. The van der Waals surface area contributed by atoms with Gasteiger partial charge in [-0.2, -0.15) is 0 Å². The van der Waals surface area contributed by atoms with Crippen molar-refractivity contribution in [3.63, 3.8) is 0 Å². The molecule has 0 aliphatic carbocycles. The third kappa shape index (κ3) is 4.04. The smallest absolute Gasteiger partial charge is 0.343 e. The summed E-state index contributed by atoms with van der Waals surface area (Å²) in [5, 5.41) is 0.761. The second kappa shape index (κ2) is 8.31. The lowest BCUT2D eigenvalue weighted by molar-refractivity contribution is 0.0520. The van der Waals surface area contributed by atoms with Crippen LogP contribution in [-0.4, -0.2) is 29.7 Å². The summed E-state index contributed by atoms with van der Waals surface area (Å²) < 4.78 is 17.0. The van der Waals surface area contributed by atoms with Crippen molar-refractivity contribution in [2.24, 2.45) is 0 Å². The Morgan fingerprint density at radius 1 is 1.19 bits per heavy atom. The standard InChI is InChI=1S/C19H17IN2O4/c1-3-25-19(23)15-8-13-9-21-10-16(20)17(13)22-18(15)26-11-12-4-6-14(24-2)7-5-12/h4-10H,3,11H2,1-2H3. The van der Waals surface area contributed by atoms with Crippen LogP contribution in [-0.2, 0) is 11.3 Å². The van der Waals surface area contributed by atoms with Gasteiger partial charge in [0.25, 0.3) is 0 Å². The highest BCUT2D eigenvalue weighted by Crippen LogP contribution is 2.26. The van der Waals surface area contributed by atoms with E-state index in [2.05, 4.69) is 32.6 Å². The van der Waals surface area contributed by atoms with E-state index in [1.807, 2.05) is 24.3 Å². The number of ether oxygens (including phenoxy) is 3. The highest BCUT2D eigenvalue weighted by Gasteiger charge is 2.18. The molecule has 0 fully saturated rings. The number of carbonyl (C=O) groups excluding carboxylic acids is 1. The highest BCUT2D eigenvalue weighted by molar-refractivity contribution is 14.1. The quantitative estimate of drug-likeness (QED) is 0.406. The van der Waals surface area contributed by atoms with Crippen molar-refractivity contribution in [1.29, 1.82) is 0 Å². The van der Waals surface area contributed by atoms with Crippen LogP contribution in [0.5, 0.6) is 11.6 Å². The molecule has 6 nitrogen and oxygen atoms in total. The summed E-state index contributed by atoms with van der Waals surface area (Å²) in [5.41, 5.74) is 1.96. The molecule has 0 saturated heterocycles. The average Bonchev–Trinajstić information content (AvgIpc) is 2.67. The fourth-order valence-corrected chi connectivity index (χ4v) is 2.98. The Labute approximate surface area is 164 Å². The average molecular weight is 464 g/mol. The Morgan fingerprint density at radius 2 is 1.96 bits per heavy atom. The predicted octanol–water partition coefficient (Wildman–Crippen LogP) is 4.00. The Morgan fingerprint density at radius 3 is 2.65 bits per heavy atom. The van der Waals surface area contributed by atoms with Gasteiger partial charge < -0.3 is 14.2 Å². The number of hydrogen-bond donors (Lipinski definition) is 0. The van der Waals surface area contributed by atoms with E-state index in [0.717, 1.165) is 25.8 Å². The van der Waals surface area contributed by atoms with Gasteiger partial charge >= 0.3 is 5.97 Å². The molecule has 0 amide bonds. The van der Waals surface area contributed by atoms with Gasteiger partial charge in [-0.1, -0.05) is 12.1 Å². The molecule has 3 rings (SSSR count). The summed E-state index contributed by atoms with van der Waals surface area (Å²) in [4.78, 5) is 21.0. The zero-order chi connectivity index (χ0) is 18.5. The maximum atomic E-state index is 12.3. The number of methoxy groups -OCH3 is 1. The van der Waals surface area contributed by atoms with Crippen molar-refractivity contribution < 1.29 is 19.0 Å². The molecule has 1 aromatic carbocycles. The summed E-state index contributed by atoms with van der Waals surface area (Å²) in [6, 6.07) is 9.22. The molecular formula is C19H17IN2O4. The zero-order valence-corrected chi connectivity index (χ0v) is 16.5. The molecule has 7 heteroatoms. The number of nitrogens with zero attached hydrogens (tertiary/aromatic N) is 2. The lowest BCUT2D eigenvalue weighted by Gasteiger charge is -2.12. The molecule has 0 unspecified atom stereocenters. The third-order valence-electron chi connectivity index (χ3n) is 3.67. The first kappa shape index (κ1) is 18.4. The minimum absolute atomic E-state index is 0.246. The lowest BCUT2D eigenvalue weighted by atomic mass is 10.2. The van der Waals surface area contributed by atoms with E-state index < -0.39 is 5.97 Å². The molecular weight excluding hydrogens is 447 g/mol. The summed E-state index contributed by atoms with van der Waals surface area (Å²) in [6.07, 6.45) is 3.38. The summed E-state index contributed by atoms with van der Waals surface area (Å²) in [7, 11) is 1.62. The number of rotatable bonds is 6. The molecule has 0 N–H and O–H groups in total. The highest BCUT2D eigenvalue weighted by atomic mass is 127. The van der Waals surface area contributed by atoms with E-state index in [-0.39, 0.29) is 24.7 Å². The second-order valence-electron chi connectivity index (χ2n) is 5.39. The Bertz CT molecular complexity index is 929. The molecule has 134 valence electrons. The number of hydrogen-bond acceptors (Lipinski definition) is 6. The van der Waals surface area contributed by atoms with Crippen LogP contribution in [0.25, 0.3) is 10.9 Å². The number of esters is 1. The Hall–Kier alpha value is -2.42. The van der Waals surface area contributed by atoms with Crippen molar-refractivity contribution in [3.8, 4) is 11.6 Å². The molecule has 0 aliphatic rings. The van der Waals surface area contributed by atoms with Crippen LogP contribution in [0.4, 0.5) is 0 Å². The molecule has 2 heterocycles. The summed E-state index contributed by atoms with van der Waals surface area (Å²) in [5.74, 6) is 0.549. The third-order valence-corrected chi connectivity index (χ3v) is 4.46.